The van der Waals surface area contributed by atoms with E-state index in [1.807, 2.05) is 30.3 Å². The molecule has 0 bridgehead atoms. The maximum atomic E-state index is 10.6. The molecule has 2 heteroatoms. The molecule has 3 rings (SSSR count). The van der Waals surface area contributed by atoms with Crippen molar-refractivity contribution in [3.05, 3.63) is 65.7 Å². The lowest BCUT2D eigenvalue weighted by atomic mass is 9.88. The van der Waals surface area contributed by atoms with Crippen molar-refractivity contribution >= 4 is 5.69 Å². The van der Waals surface area contributed by atoms with Crippen LogP contribution >= 0.6 is 0 Å². The Morgan fingerprint density at radius 2 is 1.73 bits per heavy atom. The normalized spacial score (nSPS) is 16.2. The molecule has 116 valence electrons. The predicted molar refractivity (Wildman–Crippen MR) is 92.2 cm³/mol. The summed E-state index contributed by atoms with van der Waals surface area (Å²) in [7, 11) is 0. The van der Waals surface area contributed by atoms with Crippen LogP contribution in [0.15, 0.2) is 54.6 Å². The zero-order chi connectivity index (χ0) is 15.6. The smallest absolute Gasteiger partial charge is 0.0812 e. The van der Waals surface area contributed by atoms with E-state index in [0.29, 0.717) is 0 Å². The SMILES string of the molecule is CC(C)(CC(O)c1ccccc1)N1CCCc2ccccc21. The number of aryl methyl sites for hydroxylation is 1. The number of rotatable bonds is 4. The maximum Gasteiger partial charge on any atom is 0.0812 e. The standard InChI is InChI=1S/C20H25NO/c1-20(2,15-19(22)17-10-4-3-5-11-17)21-14-8-12-16-9-6-7-13-18(16)21/h3-7,9-11,13,19,22H,8,12,14-15H2,1-2H3. The summed E-state index contributed by atoms with van der Waals surface area (Å²) in [5, 5.41) is 10.6. The summed E-state index contributed by atoms with van der Waals surface area (Å²) in [6.45, 7) is 5.54. The van der Waals surface area contributed by atoms with Crippen LogP contribution in [0.25, 0.3) is 0 Å². The van der Waals surface area contributed by atoms with Gasteiger partial charge in [-0.3, -0.25) is 0 Å². The van der Waals surface area contributed by atoms with Gasteiger partial charge in [0.15, 0.2) is 0 Å². The van der Waals surface area contributed by atoms with Gasteiger partial charge in [0.05, 0.1) is 6.10 Å². The third kappa shape index (κ3) is 3.02. The fraction of sp³-hybridized carbons (Fsp3) is 0.400. The first-order chi connectivity index (χ1) is 10.6. The van der Waals surface area contributed by atoms with Gasteiger partial charge in [0.2, 0.25) is 0 Å². The molecule has 0 aromatic heterocycles. The van der Waals surface area contributed by atoms with Crippen LogP contribution in [0.2, 0.25) is 0 Å². The summed E-state index contributed by atoms with van der Waals surface area (Å²) in [5.74, 6) is 0. The number of benzene rings is 2. The predicted octanol–water partition coefficient (Wildman–Crippen LogP) is 4.34. The van der Waals surface area contributed by atoms with E-state index in [2.05, 4.69) is 43.0 Å². The number of anilines is 1. The molecule has 1 aliphatic rings. The summed E-state index contributed by atoms with van der Waals surface area (Å²) in [5.41, 5.74) is 3.68. The van der Waals surface area contributed by atoms with Crippen LogP contribution in [0.1, 0.15) is 43.9 Å². The van der Waals surface area contributed by atoms with Gasteiger partial charge < -0.3 is 10.0 Å². The van der Waals surface area contributed by atoms with E-state index < -0.39 is 6.10 Å². The Kier molecular flexibility index (Phi) is 4.21. The van der Waals surface area contributed by atoms with Gasteiger partial charge in [-0.1, -0.05) is 48.5 Å². The highest BCUT2D eigenvalue weighted by Crippen LogP contribution is 2.36. The Hall–Kier alpha value is -1.80. The van der Waals surface area contributed by atoms with Crippen molar-refractivity contribution in [2.45, 2.75) is 44.8 Å². The van der Waals surface area contributed by atoms with Crippen molar-refractivity contribution in [2.24, 2.45) is 0 Å². The molecule has 1 atom stereocenters. The Morgan fingerprint density at radius 3 is 2.50 bits per heavy atom. The molecular weight excluding hydrogens is 270 g/mol. The van der Waals surface area contributed by atoms with E-state index in [0.717, 1.165) is 24.9 Å². The molecule has 0 radical (unpaired) electrons. The van der Waals surface area contributed by atoms with Crippen LogP contribution in [-0.4, -0.2) is 17.2 Å². The zero-order valence-corrected chi connectivity index (χ0v) is 13.5. The molecule has 2 aromatic rings. The number of aliphatic hydroxyl groups is 1. The molecule has 22 heavy (non-hydrogen) atoms. The van der Waals surface area contributed by atoms with Gasteiger partial charge in [0.25, 0.3) is 0 Å². The highest BCUT2D eigenvalue weighted by Gasteiger charge is 2.32. The largest absolute Gasteiger partial charge is 0.388 e. The highest BCUT2D eigenvalue weighted by atomic mass is 16.3. The minimum Gasteiger partial charge on any atom is -0.388 e. The monoisotopic (exact) mass is 295 g/mol. The number of fused-ring (bicyclic) bond motifs is 1. The second kappa shape index (κ2) is 6.13. The molecule has 1 N–H and O–H groups in total. The van der Waals surface area contributed by atoms with E-state index >= 15 is 0 Å². The van der Waals surface area contributed by atoms with Crippen LogP contribution in [0.4, 0.5) is 5.69 Å². The molecule has 0 saturated heterocycles. The number of hydrogen-bond donors (Lipinski definition) is 1. The van der Waals surface area contributed by atoms with Crippen molar-refractivity contribution in [2.75, 3.05) is 11.4 Å². The van der Waals surface area contributed by atoms with Gasteiger partial charge in [-0.25, -0.2) is 0 Å². The fourth-order valence-corrected chi connectivity index (χ4v) is 3.54. The molecule has 0 saturated carbocycles. The Labute approximate surface area is 133 Å². The van der Waals surface area contributed by atoms with E-state index in [-0.39, 0.29) is 5.54 Å². The second-order valence-electron chi connectivity index (χ2n) is 6.83. The highest BCUT2D eigenvalue weighted by molar-refractivity contribution is 5.57. The summed E-state index contributed by atoms with van der Waals surface area (Å²) < 4.78 is 0. The van der Waals surface area contributed by atoms with Crippen LogP contribution < -0.4 is 4.90 Å². The second-order valence-corrected chi connectivity index (χ2v) is 6.83. The Morgan fingerprint density at radius 1 is 1.05 bits per heavy atom. The molecule has 0 spiro atoms. The zero-order valence-electron chi connectivity index (χ0n) is 13.5. The average Bonchev–Trinajstić information content (AvgIpc) is 2.54. The van der Waals surface area contributed by atoms with Crippen molar-refractivity contribution in [3.63, 3.8) is 0 Å². The van der Waals surface area contributed by atoms with Gasteiger partial charge in [0, 0.05) is 24.2 Å². The van der Waals surface area contributed by atoms with Crippen molar-refractivity contribution in [1.29, 1.82) is 0 Å². The molecule has 0 aliphatic carbocycles. The molecule has 1 unspecified atom stereocenters. The van der Waals surface area contributed by atoms with Gasteiger partial charge in [-0.15, -0.1) is 0 Å². The maximum absolute atomic E-state index is 10.6. The topological polar surface area (TPSA) is 23.5 Å². The van der Waals surface area contributed by atoms with Gasteiger partial charge in [0.1, 0.15) is 0 Å². The van der Waals surface area contributed by atoms with Gasteiger partial charge in [-0.05, 0) is 43.9 Å². The van der Waals surface area contributed by atoms with Crippen molar-refractivity contribution < 1.29 is 5.11 Å². The minimum absolute atomic E-state index is 0.0776. The summed E-state index contributed by atoms with van der Waals surface area (Å²) in [6, 6.07) is 18.6. The Balaban J connectivity index is 1.82. The third-order valence-corrected chi connectivity index (χ3v) is 4.72. The molecular formula is C20H25NO. The lowest BCUT2D eigenvalue weighted by Crippen LogP contribution is -2.47. The van der Waals surface area contributed by atoms with Crippen LogP contribution in [0, 0.1) is 0 Å². The third-order valence-electron chi connectivity index (χ3n) is 4.72. The Bertz CT molecular complexity index is 621. The average molecular weight is 295 g/mol. The molecule has 2 aromatic carbocycles. The van der Waals surface area contributed by atoms with Crippen molar-refractivity contribution in [1.82, 2.24) is 0 Å². The molecule has 2 nitrogen and oxygen atoms in total. The van der Waals surface area contributed by atoms with E-state index in [9.17, 15) is 5.11 Å². The molecule has 0 fully saturated rings. The summed E-state index contributed by atoms with van der Waals surface area (Å²) >= 11 is 0. The summed E-state index contributed by atoms with van der Waals surface area (Å²) in [4.78, 5) is 2.47. The van der Waals surface area contributed by atoms with E-state index in [1.165, 1.54) is 17.7 Å². The lowest BCUT2D eigenvalue weighted by molar-refractivity contribution is 0.138. The number of hydrogen-bond acceptors (Lipinski definition) is 2. The van der Waals surface area contributed by atoms with Gasteiger partial charge in [-0.2, -0.15) is 0 Å². The first-order valence-electron chi connectivity index (χ1n) is 8.16. The molecule has 0 amide bonds. The van der Waals surface area contributed by atoms with Crippen LogP contribution in [0.5, 0.6) is 0 Å². The minimum atomic E-state index is -0.426. The number of para-hydroxylation sites is 1. The number of nitrogens with zero attached hydrogens (tertiary/aromatic N) is 1. The lowest BCUT2D eigenvalue weighted by Gasteiger charge is -2.44. The van der Waals surface area contributed by atoms with E-state index in [4.69, 9.17) is 0 Å². The molecule has 1 heterocycles. The molecule has 1 aliphatic heterocycles. The van der Waals surface area contributed by atoms with Crippen molar-refractivity contribution in [3.8, 4) is 0 Å². The first-order valence-corrected chi connectivity index (χ1v) is 8.16. The number of aliphatic hydroxyl groups excluding tert-OH is 1. The van der Waals surface area contributed by atoms with E-state index in [1.54, 1.807) is 0 Å². The quantitative estimate of drug-likeness (QED) is 0.907. The first kappa shape index (κ1) is 15.1. The summed E-state index contributed by atoms with van der Waals surface area (Å²) in [6.07, 6.45) is 2.64. The van der Waals surface area contributed by atoms with Crippen LogP contribution in [-0.2, 0) is 6.42 Å². The van der Waals surface area contributed by atoms with Crippen LogP contribution in [0.3, 0.4) is 0 Å². The van der Waals surface area contributed by atoms with Gasteiger partial charge >= 0.3 is 0 Å². The fourth-order valence-electron chi connectivity index (χ4n) is 3.54.